The number of hydrogen-bond acceptors (Lipinski definition) is 8. The van der Waals surface area contributed by atoms with E-state index in [1.165, 1.54) is 5.32 Å². The van der Waals surface area contributed by atoms with Gasteiger partial charge in [-0.1, -0.05) is 0 Å². The molecular formula is C6H3F3N8O3. The van der Waals surface area contributed by atoms with Crippen molar-refractivity contribution in [1.82, 2.24) is 24.6 Å². The number of nitro groups is 1. The molecule has 2 rings (SSSR count). The summed E-state index contributed by atoms with van der Waals surface area (Å²) in [5.74, 6) is -5.04. The van der Waals surface area contributed by atoms with E-state index >= 15 is 0 Å². The number of fused-ring (bicyclic) bond motifs is 1. The molecule has 11 nitrogen and oxygen atoms in total. The fourth-order valence-electron chi connectivity index (χ4n) is 1.17. The van der Waals surface area contributed by atoms with Gasteiger partial charge in [0.1, 0.15) is 0 Å². The number of amides is 1. The van der Waals surface area contributed by atoms with Crippen molar-refractivity contribution in [3.63, 3.8) is 0 Å². The van der Waals surface area contributed by atoms with E-state index in [0.717, 1.165) is 0 Å². The van der Waals surface area contributed by atoms with Gasteiger partial charge in [0.2, 0.25) is 5.95 Å². The minimum absolute atomic E-state index is 0.485. The molecule has 0 aromatic carbocycles. The maximum atomic E-state index is 12.0. The zero-order chi connectivity index (χ0) is 15.1. The normalized spacial score (nSPS) is 11.6. The molecule has 0 atom stereocenters. The lowest BCUT2D eigenvalue weighted by atomic mass is 10.6. The minimum Gasteiger partial charge on any atom is -0.390 e. The van der Waals surface area contributed by atoms with Crippen molar-refractivity contribution in [2.75, 3.05) is 11.1 Å². The Kier molecular flexibility index (Phi) is 2.84. The van der Waals surface area contributed by atoms with E-state index in [0.29, 0.717) is 4.40 Å². The van der Waals surface area contributed by atoms with Crippen molar-refractivity contribution in [1.29, 1.82) is 0 Å². The number of nitrogens with zero attached hydrogens (tertiary/aromatic N) is 6. The third kappa shape index (κ3) is 2.25. The summed E-state index contributed by atoms with van der Waals surface area (Å²) in [7, 11) is 0. The van der Waals surface area contributed by atoms with Gasteiger partial charge in [-0.2, -0.15) is 23.1 Å². The largest absolute Gasteiger partial charge is 0.471 e. The van der Waals surface area contributed by atoms with Gasteiger partial charge in [0.05, 0.1) is 5.10 Å². The van der Waals surface area contributed by atoms with E-state index in [1.54, 1.807) is 0 Å². The Balaban J connectivity index is 2.45. The highest BCUT2D eigenvalue weighted by Gasteiger charge is 2.39. The minimum atomic E-state index is -5.15. The van der Waals surface area contributed by atoms with Crippen molar-refractivity contribution >= 4 is 29.5 Å². The number of rotatable bonds is 2. The number of carbonyl (C=O) groups is 1. The molecule has 1 amide bonds. The number of anilines is 2. The molecule has 0 unspecified atom stereocenters. The van der Waals surface area contributed by atoms with Crippen LogP contribution in [0.5, 0.6) is 0 Å². The smallest absolute Gasteiger partial charge is 0.390 e. The molecule has 2 aromatic rings. The number of nitrogens with one attached hydrogen (secondary N) is 1. The molecule has 2 aromatic heterocycles. The molecule has 0 saturated carbocycles. The second kappa shape index (κ2) is 4.25. The van der Waals surface area contributed by atoms with Gasteiger partial charge in [0.15, 0.2) is 0 Å². The maximum absolute atomic E-state index is 12.0. The molecule has 0 fully saturated rings. The van der Waals surface area contributed by atoms with E-state index in [4.69, 9.17) is 5.73 Å². The zero-order valence-corrected chi connectivity index (χ0v) is 9.12. The maximum Gasteiger partial charge on any atom is 0.471 e. The van der Waals surface area contributed by atoms with Crippen molar-refractivity contribution < 1.29 is 22.9 Å². The number of nitrogens with two attached hydrogens (primary N) is 1. The Morgan fingerprint density at radius 2 is 2.00 bits per heavy atom. The summed E-state index contributed by atoms with van der Waals surface area (Å²) in [6.07, 6.45) is -5.15. The van der Waals surface area contributed by atoms with Gasteiger partial charge in [-0.25, -0.2) is 0 Å². The number of aromatic nitrogens is 5. The van der Waals surface area contributed by atoms with Crippen LogP contribution in [-0.2, 0) is 4.79 Å². The van der Waals surface area contributed by atoms with Crippen LogP contribution < -0.4 is 11.1 Å². The van der Waals surface area contributed by atoms with Gasteiger partial charge in [-0.05, 0) is 10.0 Å². The first-order chi connectivity index (χ1) is 9.20. The summed E-state index contributed by atoms with van der Waals surface area (Å²) in [5, 5.41) is 18.3. The van der Waals surface area contributed by atoms with E-state index in [1.807, 2.05) is 0 Å². The molecule has 0 bridgehead atoms. The highest BCUT2D eigenvalue weighted by atomic mass is 19.4. The van der Waals surface area contributed by atoms with E-state index < -0.39 is 40.6 Å². The molecule has 14 heteroatoms. The first-order valence-corrected chi connectivity index (χ1v) is 4.61. The van der Waals surface area contributed by atoms with Crippen LogP contribution in [0.25, 0.3) is 5.78 Å². The van der Waals surface area contributed by atoms with Crippen LogP contribution in [0.4, 0.5) is 31.0 Å². The number of alkyl halides is 3. The van der Waals surface area contributed by atoms with Crippen LogP contribution in [0.2, 0.25) is 0 Å². The fraction of sp³-hybridized carbons (Fsp3) is 0.167. The topological polar surface area (TPSA) is 154 Å². The quantitative estimate of drug-likeness (QED) is 0.555. The van der Waals surface area contributed by atoms with Gasteiger partial charge in [0, 0.05) is 0 Å². The Labute approximate surface area is 105 Å². The van der Waals surface area contributed by atoms with Crippen LogP contribution in [0, 0.1) is 10.1 Å². The molecule has 0 radical (unpaired) electrons. The standard InChI is InChI=1S/C6H3F3N8O3/c7-6(8,9)1(18)11-3-12-2(10)16-4(13-3)14-15-5(16)17(19)20/h(H3,10,11,12,13,14,18). The second-order valence-electron chi connectivity index (χ2n) is 3.25. The average Bonchev–Trinajstić information content (AvgIpc) is 2.71. The van der Waals surface area contributed by atoms with E-state index in [9.17, 15) is 28.1 Å². The zero-order valence-electron chi connectivity index (χ0n) is 9.12. The highest BCUT2D eigenvalue weighted by molar-refractivity contribution is 5.93. The Morgan fingerprint density at radius 3 is 2.55 bits per heavy atom. The first kappa shape index (κ1) is 13.4. The monoisotopic (exact) mass is 292 g/mol. The van der Waals surface area contributed by atoms with Crippen LogP contribution in [-0.4, -0.2) is 41.6 Å². The number of nitrogen functional groups attached to an aromatic ring is 1. The van der Waals surface area contributed by atoms with Crippen molar-refractivity contribution in [2.24, 2.45) is 0 Å². The Bertz CT molecular complexity index is 709. The molecule has 0 aliphatic rings. The summed E-state index contributed by atoms with van der Waals surface area (Å²) in [6, 6.07) is 0. The number of carbonyl (C=O) groups excluding carboxylic acids is 1. The average molecular weight is 292 g/mol. The molecule has 20 heavy (non-hydrogen) atoms. The Morgan fingerprint density at radius 1 is 1.35 bits per heavy atom. The molecule has 0 aliphatic carbocycles. The number of halogens is 3. The number of hydrogen-bond donors (Lipinski definition) is 2. The summed E-state index contributed by atoms with van der Waals surface area (Å²) in [5.41, 5.74) is 5.32. The Hall–Kier alpha value is -3.06. The predicted molar refractivity (Wildman–Crippen MR) is 54.3 cm³/mol. The highest BCUT2D eigenvalue weighted by Crippen LogP contribution is 2.18. The van der Waals surface area contributed by atoms with Gasteiger partial charge in [-0.15, -0.1) is 4.40 Å². The van der Waals surface area contributed by atoms with Crippen molar-refractivity contribution in [2.45, 2.75) is 6.18 Å². The third-order valence-corrected chi connectivity index (χ3v) is 1.93. The van der Waals surface area contributed by atoms with Crippen LogP contribution >= 0.6 is 0 Å². The molecule has 3 N–H and O–H groups in total. The molecule has 0 spiro atoms. The lowest BCUT2D eigenvalue weighted by Gasteiger charge is -2.06. The van der Waals surface area contributed by atoms with E-state index in [-0.39, 0.29) is 0 Å². The fourth-order valence-corrected chi connectivity index (χ4v) is 1.17. The first-order valence-electron chi connectivity index (χ1n) is 4.61. The SMILES string of the molecule is Nc1nc(NC(=O)C(F)(F)F)nc2nnc([N+](=O)[O-])n12. The summed E-state index contributed by atoms with van der Waals surface area (Å²) in [6.45, 7) is 0. The lowest BCUT2D eigenvalue weighted by Crippen LogP contribution is -2.31. The molecular weight excluding hydrogens is 289 g/mol. The molecule has 2 heterocycles. The van der Waals surface area contributed by atoms with Gasteiger partial charge >= 0.3 is 23.8 Å². The van der Waals surface area contributed by atoms with Crippen LogP contribution in [0.15, 0.2) is 0 Å². The van der Waals surface area contributed by atoms with Gasteiger partial charge < -0.3 is 15.8 Å². The van der Waals surface area contributed by atoms with E-state index in [2.05, 4.69) is 20.2 Å². The molecule has 106 valence electrons. The summed E-state index contributed by atoms with van der Waals surface area (Å²) in [4.78, 5) is 27.0. The van der Waals surface area contributed by atoms with Gasteiger partial charge in [-0.3, -0.25) is 10.1 Å². The van der Waals surface area contributed by atoms with Crippen molar-refractivity contribution in [3.05, 3.63) is 10.1 Å². The third-order valence-electron chi connectivity index (χ3n) is 1.93. The molecule has 0 aliphatic heterocycles. The predicted octanol–water partition coefficient (Wildman–Crippen LogP) is -0.490. The second-order valence-corrected chi connectivity index (χ2v) is 3.25. The lowest BCUT2D eigenvalue weighted by molar-refractivity contribution is -0.395. The van der Waals surface area contributed by atoms with Crippen molar-refractivity contribution in [3.8, 4) is 0 Å². The van der Waals surface area contributed by atoms with Crippen LogP contribution in [0.3, 0.4) is 0 Å². The molecule has 0 saturated heterocycles. The summed E-state index contributed by atoms with van der Waals surface area (Å²) < 4.78 is 36.7. The summed E-state index contributed by atoms with van der Waals surface area (Å²) >= 11 is 0. The van der Waals surface area contributed by atoms with Gasteiger partial charge in [0.25, 0.3) is 5.95 Å². The van der Waals surface area contributed by atoms with Crippen LogP contribution in [0.1, 0.15) is 0 Å².